The van der Waals surface area contributed by atoms with Crippen LogP contribution in [-0.4, -0.2) is 18.3 Å². The molecular weight excluding hydrogens is 188 g/mol. The van der Waals surface area contributed by atoms with Crippen LogP contribution in [0.5, 0.6) is 0 Å². The molecule has 1 saturated heterocycles. The monoisotopic (exact) mass is 206 g/mol. The zero-order chi connectivity index (χ0) is 10.9. The van der Waals surface area contributed by atoms with Crippen LogP contribution in [0.15, 0.2) is 18.2 Å². The average molecular weight is 206 g/mol. The zero-order valence-corrected chi connectivity index (χ0v) is 9.42. The molecule has 1 atom stereocenters. The van der Waals surface area contributed by atoms with E-state index >= 15 is 0 Å². The van der Waals surface area contributed by atoms with Crippen molar-refractivity contribution in [3.8, 4) is 0 Å². The Kier molecular flexibility index (Phi) is 2.81. The third-order valence-electron chi connectivity index (χ3n) is 3.10. The third kappa shape index (κ3) is 2.06. The molecule has 1 aliphatic rings. The van der Waals surface area contributed by atoms with Gasteiger partial charge in [-0.05, 0) is 37.8 Å². The maximum Gasteiger partial charge on any atom is 0.113 e. The third-order valence-corrected chi connectivity index (χ3v) is 3.10. The van der Waals surface area contributed by atoms with E-state index in [0.29, 0.717) is 6.61 Å². The predicted octanol–water partition coefficient (Wildman–Crippen LogP) is 2.30. The van der Waals surface area contributed by atoms with Crippen LogP contribution in [0.2, 0.25) is 0 Å². The summed E-state index contributed by atoms with van der Waals surface area (Å²) in [5.41, 5.74) is 2.64. The number of aliphatic hydroxyl groups is 1. The second kappa shape index (κ2) is 3.95. The van der Waals surface area contributed by atoms with Crippen molar-refractivity contribution in [3.05, 3.63) is 34.9 Å². The van der Waals surface area contributed by atoms with E-state index in [1.54, 1.807) is 0 Å². The van der Waals surface area contributed by atoms with Gasteiger partial charge >= 0.3 is 0 Å². The summed E-state index contributed by atoms with van der Waals surface area (Å²) in [5, 5.41) is 10.5. The van der Waals surface area contributed by atoms with Gasteiger partial charge in [-0.15, -0.1) is 0 Å². The van der Waals surface area contributed by atoms with E-state index in [-0.39, 0.29) is 0 Å². The minimum Gasteiger partial charge on any atom is -0.383 e. The molecule has 1 N–H and O–H groups in total. The highest BCUT2D eigenvalue weighted by molar-refractivity contribution is 5.35. The van der Waals surface area contributed by atoms with E-state index in [0.717, 1.165) is 30.6 Å². The summed E-state index contributed by atoms with van der Waals surface area (Å²) in [6.45, 7) is 5.32. The zero-order valence-electron chi connectivity index (χ0n) is 9.42. The van der Waals surface area contributed by atoms with Crippen molar-refractivity contribution in [1.29, 1.82) is 0 Å². The molecule has 0 bridgehead atoms. The number of rotatable bonds is 1. The minimum atomic E-state index is -0.768. The number of benzene rings is 1. The van der Waals surface area contributed by atoms with Crippen LogP contribution in [0.1, 0.15) is 29.5 Å². The summed E-state index contributed by atoms with van der Waals surface area (Å²) in [6.07, 6.45) is 1.74. The summed E-state index contributed by atoms with van der Waals surface area (Å²) >= 11 is 0. The Morgan fingerprint density at radius 1 is 1.33 bits per heavy atom. The van der Waals surface area contributed by atoms with Gasteiger partial charge in [0.2, 0.25) is 0 Å². The average Bonchev–Trinajstić information content (AvgIpc) is 2.18. The molecule has 15 heavy (non-hydrogen) atoms. The largest absolute Gasteiger partial charge is 0.383 e. The van der Waals surface area contributed by atoms with Crippen LogP contribution in [0, 0.1) is 13.8 Å². The Labute approximate surface area is 90.9 Å². The fourth-order valence-corrected chi connectivity index (χ4v) is 2.33. The van der Waals surface area contributed by atoms with E-state index in [1.807, 2.05) is 6.07 Å². The smallest absolute Gasteiger partial charge is 0.113 e. The van der Waals surface area contributed by atoms with Gasteiger partial charge < -0.3 is 9.84 Å². The van der Waals surface area contributed by atoms with Crippen molar-refractivity contribution < 1.29 is 9.84 Å². The molecule has 0 aliphatic carbocycles. The first-order chi connectivity index (χ1) is 7.12. The van der Waals surface area contributed by atoms with Crippen molar-refractivity contribution in [1.82, 2.24) is 0 Å². The van der Waals surface area contributed by atoms with Gasteiger partial charge in [-0.3, -0.25) is 0 Å². The molecule has 2 rings (SSSR count). The van der Waals surface area contributed by atoms with Crippen molar-refractivity contribution in [2.45, 2.75) is 32.3 Å². The normalized spacial score (nSPS) is 26.6. The molecule has 1 aliphatic heterocycles. The molecule has 1 aromatic carbocycles. The summed E-state index contributed by atoms with van der Waals surface area (Å²) in [4.78, 5) is 0. The maximum absolute atomic E-state index is 10.5. The van der Waals surface area contributed by atoms with Gasteiger partial charge in [0.25, 0.3) is 0 Å². The van der Waals surface area contributed by atoms with Gasteiger partial charge in [-0.1, -0.05) is 23.8 Å². The summed E-state index contributed by atoms with van der Waals surface area (Å²) in [5.74, 6) is 0. The van der Waals surface area contributed by atoms with Gasteiger partial charge in [0.1, 0.15) is 5.60 Å². The van der Waals surface area contributed by atoms with E-state index in [9.17, 15) is 5.11 Å². The summed E-state index contributed by atoms with van der Waals surface area (Å²) < 4.78 is 5.37. The van der Waals surface area contributed by atoms with E-state index in [2.05, 4.69) is 26.0 Å². The Bertz CT molecular complexity index is 352. The molecule has 2 nitrogen and oxygen atoms in total. The Balaban J connectivity index is 2.35. The lowest BCUT2D eigenvalue weighted by Crippen LogP contribution is -2.36. The van der Waals surface area contributed by atoms with Crippen molar-refractivity contribution in [2.24, 2.45) is 0 Å². The van der Waals surface area contributed by atoms with E-state index in [4.69, 9.17) is 4.74 Å². The number of aryl methyl sites for hydroxylation is 2. The van der Waals surface area contributed by atoms with Crippen LogP contribution in [0.4, 0.5) is 0 Å². The second-order valence-electron chi connectivity index (χ2n) is 4.51. The summed E-state index contributed by atoms with van der Waals surface area (Å²) in [7, 11) is 0. The number of hydrogen-bond donors (Lipinski definition) is 1. The molecule has 0 spiro atoms. The lowest BCUT2D eigenvalue weighted by Gasteiger charge is -2.33. The van der Waals surface area contributed by atoms with Crippen LogP contribution >= 0.6 is 0 Å². The SMILES string of the molecule is Cc1ccc(C2(O)CCCOC2)c(C)c1. The molecule has 0 saturated carbocycles. The number of ether oxygens (including phenoxy) is 1. The first-order valence-electron chi connectivity index (χ1n) is 5.50. The quantitative estimate of drug-likeness (QED) is 0.764. The molecule has 1 aromatic rings. The summed E-state index contributed by atoms with van der Waals surface area (Å²) in [6, 6.07) is 6.19. The van der Waals surface area contributed by atoms with Crippen LogP contribution < -0.4 is 0 Å². The second-order valence-corrected chi connectivity index (χ2v) is 4.51. The predicted molar refractivity (Wildman–Crippen MR) is 59.9 cm³/mol. The topological polar surface area (TPSA) is 29.5 Å². The molecular formula is C13H18O2. The van der Waals surface area contributed by atoms with E-state index < -0.39 is 5.60 Å². The highest BCUT2D eigenvalue weighted by Crippen LogP contribution is 2.32. The van der Waals surface area contributed by atoms with Crippen molar-refractivity contribution >= 4 is 0 Å². The van der Waals surface area contributed by atoms with E-state index in [1.165, 1.54) is 5.56 Å². The standard InChI is InChI=1S/C13H18O2/c1-10-4-5-12(11(2)8-10)13(14)6-3-7-15-9-13/h4-5,8,14H,3,6-7,9H2,1-2H3. The van der Waals surface area contributed by atoms with Crippen LogP contribution in [0.25, 0.3) is 0 Å². The van der Waals surface area contributed by atoms with Crippen molar-refractivity contribution in [2.75, 3.05) is 13.2 Å². The fourth-order valence-electron chi connectivity index (χ4n) is 2.33. The van der Waals surface area contributed by atoms with Gasteiger partial charge in [0.15, 0.2) is 0 Å². The van der Waals surface area contributed by atoms with Gasteiger partial charge in [0, 0.05) is 6.61 Å². The Morgan fingerprint density at radius 2 is 2.13 bits per heavy atom. The van der Waals surface area contributed by atoms with Crippen LogP contribution in [0.3, 0.4) is 0 Å². The maximum atomic E-state index is 10.5. The molecule has 82 valence electrons. The molecule has 0 amide bonds. The first-order valence-corrected chi connectivity index (χ1v) is 5.50. The highest BCUT2D eigenvalue weighted by atomic mass is 16.5. The lowest BCUT2D eigenvalue weighted by atomic mass is 9.85. The molecule has 1 unspecified atom stereocenters. The molecule has 1 heterocycles. The molecule has 0 radical (unpaired) electrons. The Morgan fingerprint density at radius 3 is 2.73 bits per heavy atom. The van der Waals surface area contributed by atoms with Crippen LogP contribution in [-0.2, 0) is 10.3 Å². The number of hydrogen-bond acceptors (Lipinski definition) is 2. The van der Waals surface area contributed by atoms with Gasteiger partial charge in [-0.2, -0.15) is 0 Å². The molecule has 0 aromatic heterocycles. The fraction of sp³-hybridized carbons (Fsp3) is 0.538. The lowest BCUT2D eigenvalue weighted by molar-refractivity contribution is -0.0906. The Hall–Kier alpha value is -0.860. The van der Waals surface area contributed by atoms with Crippen molar-refractivity contribution in [3.63, 3.8) is 0 Å². The molecule has 1 fully saturated rings. The van der Waals surface area contributed by atoms with Gasteiger partial charge in [0.05, 0.1) is 6.61 Å². The minimum absolute atomic E-state index is 0.427. The van der Waals surface area contributed by atoms with Gasteiger partial charge in [-0.25, -0.2) is 0 Å². The first kappa shape index (κ1) is 10.7. The molecule has 2 heteroatoms. The highest BCUT2D eigenvalue weighted by Gasteiger charge is 2.33.